The van der Waals surface area contributed by atoms with Gasteiger partial charge in [0, 0.05) is 12.7 Å². The monoisotopic (exact) mass is 357 g/mol. The molecule has 0 bridgehead atoms. The second-order valence-corrected chi connectivity index (χ2v) is 5.77. The lowest BCUT2D eigenvalue weighted by molar-refractivity contribution is 0.396. The van der Waals surface area contributed by atoms with Crippen molar-refractivity contribution in [2.24, 2.45) is 0 Å². The topological polar surface area (TPSA) is 96.9 Å². The zero-order valence-electron chi connectivity index (χ0n) is 15.1. The average Bonchev–Trinajstić information content (AvgIpc) is 2.72. The van der Waals surface area contributed by atoms with Crippen molar-refractivity contribution in [3.8, 4) is 11.9 Å². The first-order valence-corrected chi connectivity index (χ1v) is 8.31. The Bertz CT molecular complexity index is 1020. The van der Waals surface area contributed by atoms with Crippen LogP contribution in [0.4, 0.5) is 11.5 Å². The van der Waals surface area contributed by atoms with Gasteiger partial charge in [-0.05, 0) is 47.0 Å². The molecule has 0 atom stereocenters. The molecule has 0 aliphatic rings. The highest BCUT2D eigenvalue weighted by Gasteiger charge is 2.17. The Balaban J connectivity index is 2.23. The van der Waals surface area contributed by atoms with Crippen LogP contribution in [0.1, 0.15) is 22.3 Å². The van der Waals surface area contributed by atoms with Crippen LogP contribution in [0.2, 0.25) is 0 Å². The zero-order chi connectivity index (χ0) is 19.2. The number of nitrogens with zero attached hydrogens (tertiary/aromatic N) is 3. The molecule has 1 heterocycles. The van der Waals surface area contributed by atoms with E-state index < -0.39 is 0 Å². The van der Waals surface area contributed by atoms with Gasteiger partial charge >= 0.3 is 0 Å². The van der Waals surface area contributed by atoms with Crippen molar-refractivity contribution in [1.82, 2.24) is 9.97 Å². The maximum atomic E-state index is 9.18. The summed E-state index contributed by atoms with van der Waals surface area (Å²) in [5, 5.41) is 12.3. The van der Waals surface area contributed by atoms with Crippen molar-refractivity contribution in [2.75, 3.05) is 25.2 Å². The molecule has 0 fully saturated rings. The highest BCUT2D eigenvalue weighted by Crippen LogP contribution is 2.35. The lowest BCUT2D eigenvalue weighted by atomic mass is 9.95. The molecule has 1 aromatic heterocycles. The molecule has 3 aromatic rings. The zero-order valence-corrected chi connectivity index (χ0v) is 15.1. The Hall–Kier alpha value is -3.85. The molecule has 0 saturated carbocycles. The fourth-order valence-electron chi connectivity index (χ4n) is 2.77. The Labute approximate surface area is 158 Å². The van der Waals surface area contributed by atoms with Crippen LogP contribution in [0.3, 0.4) is 0 Å². The standard InChI is InChI=1S/C21H19N5O/c1-24-17-8-6-16(7-9-17)18(11-14-4-3-5-15(10-14)12-22)19-20(23)25-13-26-21(19)27-2/h3-11,13,24H,1-2H3,(H2,23,25,26)/b18-11+. The Morgan fingerprint density at radius 1 is 1.19 bits per heavy atom. The molecule has 3 rings (SSSR count). The third kappa shape index (κ3) is 3.88. The fraction of sp³-hybridized carbons (Fsp3) is 0.0952. The number of nitrogen functional groups attached to an aromatic ring is 1. The van der Waals surface area contributed by atoms with Gasteiger partial charge in [-0.2, -0.15) is 5.26 Å². The maximum absolute atomic E-state index is 9.18. The van der Waals surface area contributed by atoms with Crippen LogP contribution in [0.25, 0.3) is 11.6 Å². The van der Waals surface area contributed by atoms with Crippen LogP contribution in [0.5, 0.6) is 5.88 Å². The molecule has 0 radical (unpaired) electrons. The molecule has 0 aliphatic carbocycles. The van der Waals surface area contributed by atoms with Crippen LogP contribution >= 0.6 is 0 Å². The van der Waals surface area contributed by atoms with E-state index in [2.05, 4.69) is 21.4 Å². The molecule has 0 saturated heterocycles. The molecule has 0 spiro atoms. The van der Waals surface area contributed by atoms with E-state index >= 15 is 0 Å². The van der Waals surface area contributed by atoms with Crippen LogP contribution in [-0.4, -0.2) is 24.1 Å². The number of nitrogens with one attached hydrogen (secondary N) is 1. The van der Waals surface area contributed by atoms with Crippen LogP contribution in [-0.2, 0) is 0 Å². The number of rotatable bonds is 5. The molecular formula is C21H19N5O. The summed E-state index contributed by atoms with van der Waals surface area (Å²) in [6.07, 6.45) is 3.32. The molecule has 2 aromatic carbocycles. The first-order valence-electron chi connectivity index (χ1n) is 8.31. The highest BCUT2D eigenvalue weighted by molar-refractivity contribution is 5.96. The van der Waals surface area contributed by atoms with Gasteiger partial charge in [0.05, 0.1) is 24.3 Å². The molecule has 6 nitrogen and oxygen atoms in total. The minimum absolute atomic E-state index is 0.322. The molecule has 6 heteroatoms. The fourth-order valence-corrected chi connectivity index (χ4v) is 2.77. The maximum Gasteiger partial charge on any atom is 0.226 e. The van der Waals surface area contributed by atoms with Crippen molar-refractivity contribution in [3.05, 3.63) is 77.1 Å². The second-order valence-electron chi connectivity index (χ2n) is 5.77. The number of nitriles is 1. The van der Waals surface area contributed by atoms with Crippen LogP contribution in [0.15, 0.2) is 54.9 Å². The number of methoxy groups -OCH3 is 1. The number of nitrogens with two attached hydrogens (primary N) is 1. The highest BCUT2D eigenvalue weighted by atomic mass is 16.5. The summed E-state index contributed by atoms with van der Waals surface area (Å²) in [7, 11) is 3.41. The van der Waals surface area contributed by atoms with E-state index in [1.807, 2.05) is 55.6 Å². The number of anilines is 2. The van der Waals surface area contributed by atoms with E-state index in [9.17, 15) is 5.26 Å². The predicted octanol–water partition coefficient (Wildman–Crippen LogP) is 3.57. The summed E-state index contributed by atoms with van der Waals surface area (Å²) in [5.74, 6) is 0.713. The summed E-state index contributed by atoms with van der Waals surface area (Å²) in [6, 6.07) is 17.4. The van der Waals surface area contributed by atoms with Crippen LogP contribution < -0.4 is 15.8 Å². The third-order valence-corrected chi connectivity index (χ3v) is 4.12. The van der Waals surface area contributed by atoms with Gasteiger partial charge in [-0.1, -0.05) is 24.3 Å². The number of benzene rings is 2. The third-order valence-electron chi connectivity index (χ3n) is 4.12. The smallest absolute Gasteiger partial charge is 0.226 e. The van der Waals surface area contributed by atoms with Crippen molar-refractivity contribution >= 4 is 23.2 Å². The summed E-state index contributed by atoms with van der Waals surface area (Å²) in [5.41, 5.74) is 11.0. The number of ether oxygens (including phenoxy) is 1. The van der Waals surface area contributed by atoms with E-state index in [4.69, 9.17) is 10.5 Å². The van der Waals surface area contributed by atoms with Gasteiger partial charge in [-0.3, -0.25) is 0 Å². The Morgan fingerprint density at radius 2 is 1.96 bits per heavy atom. The van der Waals surface area contributed by atoms with E-state index in [0.717, 1.165) is 22.4 Å². The molecule has 134 valence electrons. The van der Waals surface area contributed by atoms with Crippen molar-refractivity contribution in [2.45, 2.75) is 0 Å². The van der Waals surface area contributed by atoms with Gasteiger partial charge in [0.15, 0.2) is 0 Å². The van der Waals surface area contributed by atoms with Gasteiger partial charge in [0.2, 0.25) is 5.88 Å². The number of aromatic nitrogens is 2. The SMILES string of the molecule is CNc1ccc(/C(=C\c2cccc(C#N)c2)c2c(N)ncnc2OC)cc1. The van der Waals surface area contributed by atoms with E-state index in [1.165, 1.54) is 6.33 Å². The first-order chi connectivity index (χ1) is 13.2. The van der Waals surface area contributed by atoms with Crippen molar-refractivity contribution in [3.63, 3.8) is 0 Å². The van der Waals surface area contributed by atoms with Gasteiger partial charge in [0.25, 0.3) is 0 Å². The van der Waals surface area contributed by atoms with Crippen molar-refractivity contribution in [1.29, 1.82) is 5.26 Å². The summed E-state index contributed by atoms with van der Waals surface area (Å²) in [4.78, 5) is 8.32. The quantitative estimate of drug-likeness (QED) is 0.678. The normalized spacial score (nSPS) is 10.9. The number of hydrogen-bond donors (Lipinski definition) is 2. The second kappa shape index (κ2) is 8.02. The Kier molecular flexibility index (Phi) is 5.33. The largest absolute Gasteiger partial charge is 0.480 e. The van der Waals surface area contributed by atoms with Gasteiger partial charge in [-0.25, -0.2) is 9.97 Å². The molecule has 27 heavy (non-hydrogen) atoms. The van der Waals surface area contributed by atoms with Crippen molar-refractivity contribution < 1.29 is 4.74 Å². The van der Waals surface area contributed by atoms with Crippen LogP contribution in [0, 0.1) is 11.3 Å². The lowest BCUT2D eigenvalue weighted by Gasteiger charge is -2.14. The van der Waals surface area contributed by atoms with E-state index in [1.54, 1.807) is 13.2 Å². The lowest BCUT2D eigenvalue weighted by Crippen LogP contribution is -2.03. The molecular weight excluding hydrogens is 338 g/mol. The summed E-state index contributed by atoms with van der Waals surface area (Å²) < 4.78 is 5.42. The number of hydrogen-bond acceptors (Lipinski definition) is 6. The molecule has 3 N–H and O–H groups in total. The molecule has 0 aliphatic heterocycles. The van der Waals surface area contributed by atoms with Gasteiger partial charge in [0.1, 0.15) is 12.1 Å². The minimum atomic E-state index is 0.322. The van der Waals surface area contributed by atoms with E-state index in [0.29, 0.717) is 22.8 Å². The predicted molar refractivity (Wildman–Crippen MR) is 107 cm³/mol. The Morgan fingerprint density at radius 3 is 2.63 bits per heavy atom. The average molecular weight is 357 g/mol. The van der Waals surface area contributed by atoms with E-state index in [-0.39, 0.29) is 0 Å². The summed E-state index contributed by atoms with van der Waals surface area (Å²) in [6.45, 7) is 0. The van der Waals surface area contributed by atoms with Gasteiger partial charge in [-0.15, -0.1) is 0 Å². The summed E-state index contributed by atoms with van der Waals surface area (Å²) >= 11 is 0. The van der Waals surface area contributed by atoms with Gasteiger partial charge < -0.3 is 15.8 Å². The molecule has 0 amide bonds. The first kappa shape index (κ1) is 18.0. The molecule has 0 unspecified atom stereocenters. The minimum Gasteiger partial charge on any atom is -0.480 e.